The Morgan fingerprint density at radius 2 is 2.00 bits per heavy atom. The number of hydrogen-bond acceptors (Lipinski definition) is 5. The van der Waals surface area contributed by atoms with Crippen molar-refractivity contribution >= 4 is 5.82 Å². The highest BCUT2D eigenvalue weighted by Gasteiger charge is 2.22. The Labute approximate surface area is 148 Å². The molecule has 130 valence electrons. The van der Waals surface area contributed by atoms with Crippen molar-refractivity contribution in [2.45, 2.75) is 39.0 Å². The molecule has 5 heteroatoms. The van der Waals surface area contributed by atoms with Crippen LogP contribution in [0.15, 0.2) is 18.2 Å². The molecule has 1 heterocycles. The normalized spacial score (nSPS) is 13.5. The molecule has 0 radical (unpaired) electrons. The maximum atomic E-state index is 9.67. The molecule has 0 unspecified atom stereocenters. The number of nitrogens with zero attached hydrogens (tertiary/aromatic N) is 2. The second-order valence-corrected chi connectivity index (χ2v) is 6.14. The topological polar surface area (TPSA) is 81.2 Å². The summed E-state index contributed by atoms with van der Waals surface area (Å²) in [6.07, 6.45) is 5.21. The molecule has 2 N–H and O–H groups in total. The summed E-state index contributed by atoms with van der Waals surface area (Å²) in [6, 6.07) is 8.03. The molecule has 0 aliphatic heterocycles. The minimum Gasteiger partial charge on any atom is -0.493 e. The number of aromatic nitrogens is 1. The van der Waals surface area contributed by atoms with Gasteiger partial charge in [0.1, 0.15) is 17.5 Å². The zero-order valence-electron chi connectivity index (χ0n) is 14.8. The van der Waals surface area contributed by atoms with Gasteiger partial charge in [0.05, 0.1) is 13.7 Å². The summed E-state index contributed by atoms with van der Waals surface area (Å²) in [5.74, 6) is 1.66. The average molecular weight is 337 g/mol. The lowest BCUT2D eigenvalue weighted by molar-refractivity contribution is 0.311. The van der Waals surface area contributed by atoms with E-state index in [-0.39, 0.29) is 0 Å². The van der Waals surface area contributed by atoms with E-state index in [1.165, 1.54) is 6.42 Å². The Hall–Kier alpha value is -2.74. The molecule has 1 aromatic carbocycles. The number of fused-ring (bicyclic) bond motifs is 1. The molecule has 0 bridgehead atoms. The van der Waals surface area contributed by atoms with Gasteiger partial charge in [-0.3, -0.25) is 0 Å². The van der Waals surface area contributed by atoms with Crippen LogP contribution in [0.25, 0.3) is 11.1 Å². The first kappa shape index (κ1) is 17.1. The number of aryl methyl sites for hydroxylation is 1. The fourth-order valence-corrected chi connectivity index (χ4v) is 3.47. The summed E-state index contributed by atoms with van der Waals surface area (Å²) < 4.78 is 11.1. The SMILES string of the molecule is CCOc1ccc(-c2c(C#N)c(N)nc3c2CCCCC3)cc1OC. The van der Waals surface area contributed by atoms with Crippen molar-refractivity contribution in [3.05, 3.63) is 35.0 Å². The highest BCUT2D eigenvalue weighted by Crippen LogP contribution is 2.39. The van der Waals surface area contributed by atoms with Crippen molar-refractivity contribution in [2.75, 3.05) is 19.5 Å². The highest BCUT2D eigenvalue weighted by molar-refractivity contribution is 5.80. The van der Waals surface area contributed by atoms with E-state index in [1.54, 1.807) is 7.11 Å². The third-order valence-electron chi connectivity index (χ3n) is 4.62. The van der Waals surface area contributed by atoms with Gasteiger partial charge in [-0.15, -0.1) is 0 Å². The van der Waals surface area contributed by atoms with Gasteiger partial charge in [-0.1, -0.05) is 12.5 Å². The van der Waals surface area contributed by atoms with Crippen LogP contribution >= 0.6 is 0 Å². The van der Waals surface area contributed by atoms with Crippen molar-refractivity contribution in [1.29, 1.82) is 5.26 Å². The molecule has 1 aliphatic rings. The first-order valence-electron chi connectivity index (χ1n) is 8.72. The Morgan fingerprint density at radius 3 is 2.72 bits per heavy atom. The molecule has 0 saturated carbocycles. The van der Waals surface area contributed by atoms with Crippen LogP contribution in [0.1, 0.15) is 43.0 Å². The predicted molar refractivity (Wildman–Crippen MR) is 97.8 cm³/mol. The Kier molecular flexibility index (Phi) is 5.08. The van der Waals surface area contributed by atoms with E-state index < -0.39 is 0 Å². The van der Waals surface area contributed by atoms with Crippen molar-refractivity contribution in [2.24, 2.45) is 0 Å². The summed E-state index contributed by atoms with van der Waals surface area (Å²) in [6.45, 7) is 2.50. The molecule has 25 heavy (non-hydrogen) atoms. The van der Waals surface area contributed by atoms with Gasteiger partial charge in [0.15, 0.2) is 11.5 Å². The maximum Gasteiger partial charge on any atom is 0.161 e. The van der Waals surface area contributed by atoms with Gasteiger partial charge in [-0.05, 0) is 55.9 Å². The van der Waals surface area contributed by atoms with E-state index in [9.17, 15) is 5.26 Å². The first-order valence-corrected chi connectivity index (χ1v) is 8.72. The van der Waals surface area contributed by atoms with Crippen LogP contribution in [0.3, 0.4) is 0 Å². The minimum atomic E-state index is 0.311. The fourth-order valence-electron chi connectivity index (χ4n) is 3.47. The van der Waals surface area contributed by atoms with Gasteiger partial charge >= 0.3 is 0 Å². The highest BCUT2D eigenvalue weighted by atomic mass is 16.5. The predicted octanol–water partition coefficient (Wildman–Crippen LogP) is 3.88. The average Bonchev–Trinajstić information content (AvgIpc) is 2.86. The zero-order valence-corrected chi connectivity index (χ0v) is 14.8. The van der Waals surface area contributed by atoms with Crippen molar-refractivity contribution in [3.63, 3.8) is 0 Å². The molecule has 3 rings (SSSR count). The first-order chi connectivity index (χ1) is 12.2. The standard InChI is InChI=1S/C20H23N3O2/c1-3-25-17-10-9-13(11-18(17)24-2)19-14-7-5-4-6-8-16(14)23-20(22)15(19)12-21/h9-11H,3-8H2,1-2H3,(H2,22,23). The van der Waals surface area contributed by atoms with Crippen molar-refractivity contribution in [3.8, 4) is 28.7 Å². The van der Waals surface area contributed by atoms with Gasteiger partial charge in [0, 0.05) is 11.3 Å². The molecular weight excluding hydrogens is 314 g/mol. The molecule has 0 amide bonds. The van der Waals surface area contributed by atoms with Crippen LogP contribution in [0.2, 0.25) is 0 Å². The summed E-state index contributed by atoms with van der Waals surface area (Å²) in [5.41, 5.74) is 10.5. The molecule has 1 aromatic heterocycles. The summed E-state index contributed by atoms with van der Waals surface area (Å²) in [5, 5.41) is 9.67. The fraction of sp³-hybridized carbons (Fsp3) is 0.400. The molecular formula is C20H23N3O2. The summed E-state index contributed by atoms with van der Waals surface area (Å²) in [4.78, 5) is 4.52. The van der Waals surface area contributed by atoms with Crippen LogP contribution < -0.4 is 15.2 Å². The number of nitriles is 1. The van der Waals surface area contributed by atoms with Gasteiger partial charge in [-0.2, -0.15) is 5.26 Å². The quantitative estimate of drug-likeness (QED) is 0.856. The Balaban J connectivity index is 2.22. The van der Waals surface area contributed by atoms with E-state index in [2.05, 4.69) is 11.1 Å². The van der Waals surface area contributed by atoms with Crippen molar-refractivity contribution in [1.82, 2.24) is 4.98 Å². The maximum absolute atomic E-state index is 9.67. The number of nitrogens with two attached hydrogens (primary N) is 1. The van der Waals surface area contributed by atoms with Crippen LogP contribution in [0, 0.1) is 11.3 Å². The molecule has 0 atom stereocenters. The third-order valence-corrected chi connectivity index (χ3v) is 4.62. The Bertz CT molecular complexity index is 825. The number of pyridine rings is 1. The van der Waals surface area contributed by atoms with Crippen LogP contribution in [-0.4, -0.2) is 18.7 Å². The Morgan fingerprint density at radius 1 is 1.20 bits per heavy atom. The molecule has 1 aliphatic carbocycles. The molecule has 0 spiro atoms. The van der Waals surface area contributed by atoms with E-state index in [0.717, 1.165) is 48.1 Å². The zero-order chi connectivity index (χ0) is 17.8. The molecule has 0 fully saturated rings. The summed E-state index contributed by atoms with van der Waals surface area (Å²) >= 11 is 0. The van der Waals surface area contributed by atoms with Crippen molar-refractivity contribution < 1.29 is 9.47 Å². The number of anilines is 1. The third kappa shape index (κ3) is 3.25. The second kappa shape index (κ2) is 7.43. The lowest BCUT2D eigenvalue weighted by Crippen LogP contribution is -2.07. The molecule has 2 aromatic rings. The lowest BCUT2D eigenvalue weighted by atomic mass is 9.91. The van der Waals surface area contributed by atoms with Gasteiger partial charge in [-0.25, -0.2) is 4.98 Å². The number of hydrogen-bond donors (Lipinski definition) is 1. The smallest absolute Gasteiger partial charge is 0.161 e. The van der Waals surface area contributed by atoms with Crippen LogP contribution in [-0.2, 0) is 12.8 Å². The van der Waals surface area contributed by atoms with E-state index in [0.29, 0.717) is 29.5 Å². The van der Waals surface area contributed by atoms with Gasteiger partial charge in [0.25, 0.3) is 0 Å². The number of rotatable bonds is 4. The monoisotopic (exact) mass is 337 g/mol. The van der Waals surface area contributed by atoms with Crippen LogP contribution in [0.4, 0.5) is 5.82 Å². The van der Waals surface area contributed by atoms with Gasteiger partial charge in [0.2, 0.25) is 0 Å². The second-order valence-electron chi connectivity index (χ2n) is 6.14. The molecule has 5 nitrogen and oxygen atoms in total. The number of ether oxygens (including phenoxy) is 2. The number of methoxy groups -OCH3 is 1. The van der Waals surface area contributed by atoms with E-state index in [4.69, 9.17) is 15.2 Å². The number of nitrogen functional groups attached to an aromatic ring is 1. The van der Waals surface area contributed by atoms with Crippen LogP contribution in [0.5, 0.6) is 11.5 Å². The lowest BCUT2D eigenvalue weighted by Gasteiger charge is -2.17. The largest absolute Gasteiger partial charge is 0.493 e. The van der Waals surface area contributed by atoms with Gasteiger partial charge < -0.3 is 15.2 Å². The van der Waals surface area contributed by atoms with E-state index in [1.807, 2.05) is 25.1 Å². The summed E-state index contributed by atoms with van der Waals surface area (Å²) in [7, 11) is 1.62. The minimum absolute atomic E-state index is 0.311. The number of benzene rings is 1. The van der Waals surface area contributed by atoms with E-state index >= 15 is 0 Å². The molecule has 0 saturated heterocycles.